The first-order valence-corrected chi connectivity index (χ1v) is 8.94. The Hall–Kier alpha value is -3.21. The average molecular weight is 363 g/mol. The van der Waals surface area contributed by atoms with Crippen molar-refractivity contribution in [2.75, 3.05) is 11.5 Å². The summed E-state index contributed by atoms with van der Waals surface area (Å²) in [6.45, 7) is 5.33. The Morgan fingerprint density at radius 3 is 2.30 bits per heavy atom. The number of imide groups is 1. The highest BCUT2D eigenvalue weighted by atomic mass is 16.5. The van der Waals surface area contributed by atoms with Crippen LogP contribution in [-0.4, -0.2) is 24.2 Å². The van der Waals surface area contributed by atoms with Gasteiger partial charge in [0.15, 0.2) is 5.78 Å². The van der Waals surface area contributed by atoms with E-state index in [2.05, 4.69) is 0 Å². The highest BCUT2D eigenvalue weighted by molar-refractivity contribution is 6.43. The summed E-state index contributed by atoms with van der Waals surface area (Å²) in [5.41, 5.74) is 2.58. The molecule has 0 fully saturated rings. The molecule has 3 rings (SSSR count). The van der Waals surface area contributed by atoms with E-state index in [0.29, 0.717) is 41.2 Å². The van der Waals surface area contributed by atoms with Crippen LogP contribution in [0.5, 0.6) is 0 Å². The fraction of sp³-hybridized carbons (Fsp3) is 0.227. The number of amides is 2. The summed E-state index contributed by atoms with van der Waals surface area (Å²) in [7, 11) is 0. The lowest BCUT2D eigenvalue weighted by Crippen LogP contribution is -2.31. The van der Waals surface area contributed by atoms with Crippen molar-refractivity contribution in [3.63, 3.8) is 0 Å². The number of anilines is 1. The topological polar surface area (TPSA) is 63.7 Å². The van der Waals surface area contributed by atoms with E-state index < -0.39 is 5.91 Å². The van der Waals surface area contributed by atoms with Gasteiger partial charge in [0.05, 0.1) is 17.9 Å². The largest absolute Gasteiger partial charge is 0.492 e. The van der Waals surface area contributed by atoms with Crippen molar-refractivity contribution >= 4 is 34.6 Å². The van der Waals surface area contributed by atoms with Gasteiger partial charge in [-0.3, -0.25) is 14.4 Å². The third-order valence-electron chi connectivity index (χ3n) is 4.43. The Balaban J connectivity index is 2.31. The quantitative estimate of drug-likeness (QED) is 0.456. The molecule has 2 aromatic carbocycles. The maximum absolute atomic E-state index is 13.1. The highest BCUT2D eigenvalue weighted by Gasteiger charge is 2.38. The molecule has 0 saturated heterocycles. The van der Waals surface area contributed by atoms with Crippen molar-refractivity contribution in [3.05, 3.63) is 65.2 Å². The number of hydrogen-bond donors (Lipinski definition) is 0. The lowest BCUT2D eigenvalue weighted by molar-refractivity contribution is -0.122. The number of benzene rings is 2. The van der Waals surface area contributed by atoms with Gasteiger partial charge in [-0.1, -0.05) is 37.3 Å². The molecule has 0 saturated carbocycles. The first-order chi connectivity index (χ1) is 13.0. The molecule has 0 N–H and O–H groups in total. The lowest BCUT2D eigenvalue weighted by Gasteiger charge is -2.13. The Morgan fingerprint density at radius 1 is 1.00 bits per heavy atom. The van der Waals surface area contributed by atoms with Crippen molar-refractivity contribution in [2.24, 2.45) is 0 Å². The molecule has 2 aromatic rings. The zero-order valence-electron chi connectivity index (χ0n) is 15.6. The standard InChI is InChI=1S/C22H21NO4/c1-4-19(25)16-11-12-18-17(13-16)20(22(26)23(18)14(3)24)21(27-5-2)15-9-7-6-8-10-15/h6-13H,4-5H2,1-3H3/b21-20-. The predicted molar refractivity (Wildman–Crippen MR) is 104 cm³/mol. The molecule has 0 aromatic heterocycles. The third kappa shape index (κ3) is 3.28. The van der Waals surface area contributed by atoms with Crippen LogP contribution in [0.25, 0.3) is 11.3 Å². The van der Waals surface area contributed by atoms with Gasteiger partial charge in [-0.25, -0.2) is 4.90 Å². The minimum Gasteiger partial charge on any atom is -0.492 e. The van der Waals surface area contributed by atoms with Gasteiger partial charge in [0, 0.05) is 30.0 Å². The molecule has 0 aliphatic carbocycles. The second kappa shape index (κ2) is 7.58. The van der Waals surface area contributed by atoms with E-state index in [-0.39, 0.29) is 11.7 Å². The monoisotopic (exact) mass is 363 g/mol. The van der Waals surface area contributed by atoms with Crippen LogP contribution in [0.2, 0.25) is 0 Å². The van der Waals surface area contributed by atoms with E-state index in [1.165, 1.54) is 6.92 Å². The van der Waals surface area contributed by atoms with Crippen LogP contribution in [0.1, 0.15) is 48.7 Å². The van der Waals surface area contributed by atoms with Crippen LogP contribution in [0, 0.1) is 0 Å². The van der Waals surface area contributed by atoms with Crippen molar-refractivity contribution in [3.8, 4) is 0 Å². The molecule has 5 heteroatoms. The van der Waals surface area contributed by atoms with Crippen molar-refractivity contribution in [1.82, 2.24) is 0 Å². The van der Waals surface area contributed by atoms with Crippen LogP contribution >= 0.6 is 0 Å². The van der Waals surface area contributed by atoms with E-state index in [9.17, 15) is 14.4 Å². The minimum atomic E-state index is -0.439. The first-order valence-electron chi connectivity index (χ1n) is 8.94. The Labute approximate surface area is 158 Å². The van der Waals surface area contributed by atoms with E-state index in [4.69, 9.17) is 4.74 Å². The Morgan fingerprint density at radius 2 is 1.70 bits per heavy atom. The zero-order valence-corrected chi connectivity index (χ0v) is 15.6. The van der Waals surface area contributed by atoms with E-state index >= 15 is 0 Å². The smallest absolute Gasteiger partial charge is 0.269 e. The molecular weight excluding hydrogens is 342 g/mol. The number of ether oxygens (including phenoxy) is 1. The van der Waals surface area contributed by atoms with Crippen molar-refractivity contribution in [1.29, 1.82) is 0 Å². The van der Waals surface area contributed by atoms with Gasteiger partial charge in [-0.05, 0) is 25.1 Å². The Kier molecular flexibility index (Phi) is 5.21. The molecule has 1 aliphatic heterocycles. The number of carbonyl (C=O) groups is 3. The lowest BCUT2D eigenvalue weighted by atomic mass is 9.98. The Bertz CT molecular complexity index is 944. The fourth-order valence-corrected chi connectivity index (χ4v) is 3.21. The predicted octanol–water partition coefficient (Wildman–Crippen LogP) is 4.08. The molecule has 0 bridgehead atoms. The summed E-state index contributed by atoms with van der Waals surface area (Å²) in [6, 6.07) is 14.3. The van der Waals surface area contributed by atoms with Crippen LogP contribution in [0.15, 0.2) is 48.5 Å². The van der Waals surface area contributed by atoms with Gasteiger partial charge < -0.3 is 4.74 Å². The average Bonchev–Trinajstić information content (AvgIpc) is 2.97. The number of rotatable bonds is 5. The fourth-order valence-electron chi connectivity index (χ4n) is 3.21. The molecule has 0 atom stereocenters. The summed E-state index contributed by atoms with van der Waals surface area (Å²) in [5, 5.41) is 0. The number of fused-ring (bicyclic) bond motifs is 1. The van der Waals surface area contributed by atoms with Crippen molar-refractivity contribution < 1.29 is 19.1 Å². The molecule has 1 aliphatic rings. The van der Waals surface area contributed by atoms with Crippen LogP contribution in [-0.2, 0) is 14.3 Å². The van der Waals surface area contributed by atoms with E-state index in [1.807, 2.05) is 37.3 Å². The summed E-state index contributed by atoms with van der Waals surface area (Å²) in [6.07, 6.45) is 0.360. The molecule has 2 amide bonds. The van der Waals surface area contributed by atoms with Gasteiger partial charge in [-0.15, -0.1) is 0 Å². The summed E-state index contributed by atoms with van der Waals surface area (Å²) in [5.74, 6) is -0.432. The van der Waals surface area contributed by atoms with Crippen molar-refractivity contribution in [2.45, 2.75) is 27.2 Å². The molecule has 1 heterocycles. The maximum Gasteiger partial charge on any atom is 0.269 e. The van der Waals surface area contributed by atoms with Crippen LogP contribution < -0.4 is 4.90 Å². The molecule has 138 valence electrons. The van der Waals surface area contributed by atoms with Gasteiger partial charge in [0.25, 0.3) is 5.91 Å². The van der Waals surface area contributed by atoms with Gasteiger partial charge in [0.1, 0.15) is 5.76 Å². The number of Topliss-reactive ketones (excluding diaryl/α,β-unsaturated/α-hetero) is 1. The minimum absolute atomic E-state index is 0.0245. The summed E-state index contributed by atoms with van der Waals surface area (Å²) in [4.78, 5) is 38.6. The molecule has 5 nitrogen and oxygen atoms in total. The normalized spacial score (nSPS) is 14.8. The zero-order chi connectivity index (χ0) is 19.6. The number of nitrogens with zero attached hydrogens (tertiary/aromatic N) is 1. The molecule has 0 spiro atoms. The van der Waals surface area contributed by atoms with Gasteiger partial charge >= 0.3 is 0 Å². The van der Waals surface area contributed by atoms with Gasteiger partial charge in [-0.2, -0.15) is 0 Å². The third-order valence-corrected chi connectivity index (χ3v) is 4.43. The molecule has 27 heavy (non-hydrogen) atoms. The van der Waals surface area contributed by atoms with Crippen LogP contribution in [0.4, 0.5) is 5.69 Å². The van der Waals surface area contributed by atoms with E-state index in [0.717, 1.165) is 10.5 Å². The second-order valence-electron chi connectivity index (χ2n) is 6.17. The van der Waals surface area contributed by atoms with E-state index in [1.54, 1.807) is 25.1 Å². The summed E-state index contributed by atoms with van der Waals surface area (Å²) >= 11 is 0. The highest BCUT2D eigenvalue weighted by Crippen LogP contribution is 2.42. The number of carbonyl (C=O) groups excluding carboxylic acids is 3. The molecular formula is C22H21NO4. The summed E-state index contributed by atoms with van der Waals surface area (Å²) < 4.78 is 5.83. The first kappa shape index (κ1) is 18.6. The molecule has 0 unspecified atom stereocenters. The number of hydrogen-bond acceptors (Lipinski definition) is 4. The van der Waals surface area contributed by atoms with Crippen LogP contribution in [0.3, 0.4) is 0 Å². The SMILES string of the molecule is CCO/C(=C1\C(=O)N(C(C)=O)c2ccc(C(=O)CC)cc21)c1ccccc1. The molecule has 0 radical (unpaired) electrons. The number of ketones is 1. The van der Waals surface area contributed by atoms with Gasteiger partial charge in [0.2, 0.25) is 5.91 Å². The maximum atomic E-state index is 13.1. The second-order valence-corrected chi connectivity index (χ2v) is 6.17.